The molecule has 96 valence electrons. The number of carboxylic acids is 1. The smallest absolute Gasteiger partial charge is 0.335 e. The van der Waals surface area contributed by atoms with E-state index in [-0.39, 0.29) is 12.4 Å². The van der Waals surface area contributed by atoms with Gasteiger partial charge >= 0.3 is 5.97 Å². The Labute approximate surface area is 109 Å². The summed E-state index contributed by atoms with van der Waals surface area (Å²) in [5, 5.41) is 8.78. The van der Waals surface area contributed by atoms with Gasteiger partial charge in [-0.1, -0.05) is 19.1 Å². The molecule has 0 heterocycles. The van der Waals surface area contributed by atoms with Gasteiger partial charge in [0.1, 0.15) is 0 Å². The summed E-state index contributed by atoms with van der Waals surface area (Å²) >= 11 is 0. The van der Waals surface area contributed by atoms with Crippen molar-refractivity contribution in [3.8, 4) is 0 Å². The van der Waals surface area contributed by atoms with Crippen LogP contribution in [0.25, 0.3) is 0 Å². The third-order valence-electron chi connectivity index (χ3n) is 2.72. The van der Waals surface area contributed by atoms with Crippen LogP contribution in [-0.2, 0) is 6.54 Å². The summed E-state index contributed by atoms with van der Waals surface area (Å²) in [7, 11) is 0. The Balaban J connectivity index is 0.00000256. The maximum absolute atomic E-state index is 10.7. The summed E-state index contributed by atoms with van der Waals surface area (Å²) in [4.78, 5) is 13.0. The lowest BCUT2D eigenvalue weighted by Gasteiger charge is -2.24. The standard InChI is InChI=1S/C13H19NO2.ClH/c1-4-14(10(2)3)9-11-5-7-12(8-6-11)13(15)16;/h5-8,10H,4,9H2,1-3H3,(H,15,16);1H. The number of hydrogen-bond acceptors (Lipinski definition) is 2. The first-order valence-corrected chi connectivity index (χ1v) is 5.61. The second kappa shape index (κ2) is 7.30. The maximum atomic E-state index is 10.7. The van der Waals surface area contributed by atoms with Crippen molar-refractivity contribution in [2.24, 2.45) is 0 Å². The molecule has 0 atom stereocenters. The molecule has 1 rings (SSSR count). The van der Waals surface area contributed by atoms with Crippen molar-refractivity contribution in [1.82, 2.24) is 4.90 Å². The van der Waals surface area contributed by atoms with E-state index in [9.17, 15) is 4.79 Å². The van der Waals surface area contributed by atoms with E-state index < -0.39 is 5.97 Å². The fourth-order valence-corrected chi connectivity index (χ4v) is 1.65. The Morgan fingerprint density at radius 3 is 2.18 bits per heavy atom. The number of benzene rings is 1. The van der Waals surface area contributed by atoms with Crippen LogP contribution in [0.4, 0.5) is 0 Å². The van der Waals surface area contributed by atoms with Gasteiger partial charge in [0.05, 0.1) is 5.56 Å². The molecule has 0 aliphatic carbocycles. The SMILES string of the molecule is CCN(Cc1ccc(C(=O)O)cc1)C(C)C.Cl. The van der Waals surface area contributed by atoms with E-state index in [0.717, 1.165) is 18.7 Å². The van der Waals surface area contributed by atoms with E-state index in [0.29, 0.717) is 11.6 Å². The molecule has 17 heavy (non-hydrogen) atoms. The molecule has 0 aromatic heterocycles. The molecule has 0 fully saturated rings. The second-order valence-electron chi connectivity index (χ2n) is 4.16. The predicted molar refractivity (Wildman–Crippen MR) is 71.9 cm³/mol. The largest absolute Gasteiger partial charge is 0.478 e. The first-order chi connectivity index (χ1) is 7.54. The van der Waals surface area contributed by atoms with Gasteiger partial charge in [-0.3, -0.25) is 4.90 Å². The Hall–Kier alpha value is -1.06. The molecule has 0 spiro atoms. The van der Waals surface area contributed by atoms with Gasteiger partial charge in [0, 0.05) is 12.6 Å². The number of carbonyl (C=O) groups is 1. The van der Waals surface area contributed by atoms with E-state index in [2.05, 4.69) is 25.7 Å². The number of halogens is 1. The van der Waals surface area contributed by atoms with Crippen LogP contribution in [0.3, 0.4) is 0 Å². The Morgan fingerprint density at radius 1 is 1.29 bits per heavy atom. The first-order valence-electron chi connectivity index (χ1n) is 5.61. The molecule has 0 aliphatic rings. The molecule has 0 radical (unpaired) electrons. The number of hydrogen-bond donors (Lipinski definition) is 1. The molecular weight excluding hydrogens is 238 g/mol. The predicted octanol–water partition coefficient (Wildman–Crippen LogP) is 3.04. The summed E-state index contributed by atoms with van der Waals surface area (Å²) in [5.74, 6) is -0.872. The normalized spacial score (nSPS) is 10.4. The highest BCUT2D eigenvalue weighted by molar-refractivity contribution is 5.87. The van der Waals surface area contributed by atoms with Crippen molar-refractivity contribution in [3.05, 3.63) is 35.4 Å². The third kappa shape index (κ3) is 4.75. The molecule has 0 amide bonds. The second-order valence-corrected chi connectivity index (χ2v) is 4.16. The topological polar surface area (TPSA) is 40.5 Å². The molecule has 4 heteroatoms. The van der Waals surface area contributed by atoms with Crippen molar-refractivity contribution >= 4 is 18.4 Å². The van der Waals surface area contributed by atoms with Gasteiger partial charge < -0.3 is 5.11 Å². The van der Waals surface area contributed by atoms with E-state index in [1.165, 1.54) is 0 Å². The zero-order valence-corrected chi connectivity index (χ0v) is 11.3. The zero-order chi connectivity index (χ0) is 12.1. The minimum Gasteiger partial charge on any atom is -0.478 e. The van der Waals surface area contributed by atoms with Crippen molar-refractivity contribution in [2.45, 2.75) is 33.4 Å². The van der Waals surface area contributed by atoms with E-state index >= 15 is 0 Å². The quantitative estimate of drug-likeness (QED) is 0.882. The first kappa shape index (κ1) is 15.9. The number of aromatic carboxylic acids is 1. The van der Waals surface area contributed by atoms with Crippen LogP contribution in [0.2, 0.25) is 0 Å². The summed E-state index contributed by atoms with van der Waals surface area (Å²) in [5.41, 5.74) is 1.50. The van der Waals surface area contributed by atoms with Gasteiger partial charge in [-0.15, -0.1) is 12.4 Å². The van der Waals surface area contributed by atoms with E-state index in [1.54, 1.807) is 12.1 Å². The monoisotopic (exact) mass is 257 g/mol. The molecule has 3 nitrogen and oxygen atoms in total. The Morgan fingerprint density at radius 2 is 1.82 bits per heavy atom. The zero-order valence-electron chi connectivity index (χ0n) is 10.5. The average Bonchev–Trinajstić information content (AvgIpc) is 2.26. The minimum atomic E-state index is -0.872. The molecule has 1 N–H and O–H groups in total. The molecule has 0 unspecified atom stereocenters. The maximum Gasteiger partial charge on any atom is 0.335 e. The number of carboxylic acid groups (broad SMARTS) is 1. The molecule has 0 aliphatic heterocycles. The van der Waals surface area contributed by atoms with Crippen LogP contribution in [0.15, 0.2) is 24.3 Å². The van der Waals surface area contributed by atoms with Crippen molar-refractivity contribution in [3.63, 3.8) is 0 Å². The van der Waals surface area contributed by atoms with Crippen molar-refractivity contribution in [2.75, 3.05) is 6.54 Å². The average molecular weight is 258 g/mol. The molecule has 0 saturated carbocycles. The third-order valence-corrected chi connectivity index (χ3v) is 2.72. The van der Waals surface area contributed by atoms with Gasteiger partial charge in [-0.2, -0.15) is 0 Å². The van der Waals surface area contributed by atoms with Crippen LogP contribution < -0.4 is 0 Å². The van der Waals surface area contributed by atoms with E-state index in [4.69, 9.17) is 5.11 Å². The van der Waals surface area contributed by atoms with Crippen LogP contribution >= 0.6 is 12.4 Å². The summed E-state index contributed by atoms with van der Waals surface area (Å²) in [6.07, 6.45) is 0. The lowest BCUT2D eigenvalue weighted by molar-refractivity contribution is 0.0697. The fraction of sp³-hybridized carbons (Fsp3) is 0.462. The lowest BCUT2D eigenvalue weighted by Crippen LogP contribution is -2.29. The molecular formula is C13H20ClNO2. The van der Waals surface area contributed by atoms with Crippen LogP contribution in [0, 0.1) is 0 Å². The molecule has 1 aromatic rings. The van der Waals surface area contributed by atoms with Gasteiger partial charge in [0.2, 0.25) is 0 Å². The van der Waals surface area contributed by atoms with Gasteiger partial charge in [-0.05, 0) is 38.1 Å². The van der Waals surface area contributed by atoms with Gasteiger partial charge in [0.15, 0.2) is 0 Å². The Kier molecular flexibility index (Phi) is 6.85. The van der Waals surface area contributed by atoms with Crippen LogP contribution in [0.5, 0.6) is 0 Å². The van der Waals surface area contributed by atoms with Crippen LogP contribution in [-0.4, -0.2) is 28.6 Å². The molecule has 0 saturated heterocycles. The van der Waals surface area contributed by atoms with Crippen molar-refractivity contribution < 1.29 is 9.90 Å². The molecule has 1 aromatic carbocycles. The van der Waals surface area contributed by atoms with Crippen molar-refractivity contribution in [1.29, 1.82) is 0 Å². The number of nitrogens with zero attached hydrogens (tertiary/aromatic N) is 1. The molecule has 0 bridgehead atoms. The highest BCUT2D eigenvalue weighted by Crippen LogP contribution is 2.09. The van der Waals surface area contributed by atoms with Gasteiger partial charge in [-0.25, -0.2) is 4.79 Å². The van der Waals surface area contributed by atoms with E-state index in [1.807, 2.05) is 12.1 Å². The summed E-state index contributed by atoms with van der Waals surface area (Å²) in [6.45, 7) is 8.32. The minimum absolute atomic E-state index is 0. The highest BCUT2D eigenvalue weighted by atomic mass is 35.5. The number of rotatable bonds is 5. The van der Waals surface area contributed by atoms with Crippen LogP contribution in [0.1, 0.15) is 36.7 Å². The fourth-order valence-electron chi connectivity index (χ4n) is 1.65. The lowest BCUT2D eigenvalue weighted by atomic mass is 10.1. The highest BCUT2D eigenvalue weighted by Gasteiger charge is 2.08. The summed E-state index contributed by atoms with van der Waals surface area (Å²) < 4.78 is 0. The summed E-state index contributed by atoms with van der Waals surface area (Å²) in [6, 6.07) is 7.59. The Bertz CT molecular complexity index is 349. The van der Waals surface area contributed by atoms with Gasteiger partial charge in [0.25, 0.3) is 0 Å².